The molecule has 2 aromatic rings. The molecule has 0 unspecified atom stereocenters. The van der Waals surface area contributed by atoms with Crippen molar-refractivity contribution < 1.29 is 0 Å². The van der Waals surface area contributed by atoms with E-state index in [4.69, 9.17) is 0 Å². The van der Waals surface area contributed by atoms with Crippen molar-refractivity contribution in [2.24, 2.45) is 0 Å². The molecule has 118 valence electrons. The summed E-state index contributed by atoms with van der Waals surface area (Å²) in [6.45, 7) is 8.43. The average molecular weight is 318 g/mol. The van der Waals surface area contributed by atoms with Gasteiger partial charge in [0.1, 0.15) is 5.82 Å². The van der Waals surface area contributed by atoms with Gasteiger partial charge in [-0.3, -0.25) is 0 Å². The van der Waals surface area contributed by atoms with Crippen molar-refractivity contribution in [3.05, 3.63) is 23.8 Å². The predicted octanol–water partition coefficient (Wildman–Crippen LogP) is 2.58. The molecule has 1 N–H and O–H groups in total. The molecule has 0 radical (unpaired) electrons. The molecule has 0 saturated carbocycles. The van der Waals surface area contributed by atoms with E-state index in [1.54, 1.807) is 6.20 Å². The lowest BCUT2D eigenvalue weighted by Gasteiger charge is -2.24. The first-order valence-corrected chi connectivity index (χ1v) is 8.60. The molecule has 1 aliphatic rings. The maximum absolute atomic E-state index is 4.49. The Morgan fingerprint density at radius 1 is 1.27 bits per heavy atom. The average Bonchev–Trinajstić information content (AvgIpc) is 2.92. The third kappa shape index (κ3) is 3.30. The van der Waals surface area contributed by atoms with Crippen LogP contribution in [0.2, 0.25) is 0 Å². The van der Waals surface area contributed by atoms with Gasteiger partial charge < -0.3 is 9.88 Å². The molecular formula is C15H22N6S. The van der Waals surface area contributed by atoms with E-state index in [1.165, 1.54) is 11.8 Å². The Morgan fingerprint density at radius 2 is 2.05 bits per heavy atom. The van der Waals surface area contributed by atoms with Gasteiger partial charge in [0.15, 0.2) is 10.3 Å². The van der Waals surface area contributed by atoms with Crippen molar-refractivity contribution in [2.75, 3.05) is 13.1 Å². The summed E-state index contributed by atoms with van der Waals surface area (Å²) in [6, 6.07) is 2.23. The molecule has 1 aliphatic heterocycles. The van der Waals surface area contributed by atoms with Crippen molar-refractivity contribution in [1.29, 1.82) is 0 Å². The fourth-order valence-corrected chi connectivity index (χ4v) is 3.71. The second-order valence-electron chi connectivity index (χ2n) is 5.91. The summed E-state index contributed by atoms with van der Waals surface area (Å²) in [7, 11) is 0. The van der Waals surface area contributed by atoms with Gasteiger partial charge in [0.2, 0.25) is 0 Å². The Labute approximate surface area is 135 Å². The van der Waals surface area contributed by atoms with Crippen LogP contribution >= 0.6 is 11.8 Å². The topological polar surface area (TPSA) is 68.5 Å². The molecule has 1 saturated heterocycles. The van der Waals surface area contributed by atoms with Crippen LogP contribution in [0.4, 0.5) is 0 Å². The third-order valence-electron chi connectivity index (χ3n) is 3.87. The van der Waals surface area contributed by atoms with Gasteiger partial charge in [-0.05, 0) is 64.5 Å². The lowest BCUT2D eigenvalue weighted by molar-refractivity contribution is 0.412. The minimum absolute atomic E-state index is 0.326. The summed E-state index contributed by atoms with van der Waals surface area (Å²) < 4.78 is 2.24. The Hall–Kier alpha value is -1.47. The molecule has 1 fully saturated rings. The number of aromatic nitrogens is 5. The standard InChI is InChI=1S/C15H22N6S/c1-10(2)21-13(12-5-7-16-8-6-12)19-20-15(21)22-14-17-9-4-11(3)18-14/h4,9-10,12,16H,5-8H2,1-3H3. The van der Waals surface area contributed by atoms with Crippen LogP contribution in [0, 0.1) is 6.92 Å². The number of nitrogens with one attached hydrogen (secondary N) is 1. The quantitative estimate of drug-likeness (QED) is 0.874. The van der Waals surface area contributed by atoms with Crippen LogP contribution in [0.3, 0.4) is 0 Å². The first kappa shape index (κ1) is 15.4. The molecule has 3 heterocycles. The van der Waals surface area contributed by atoms with E-state index in [-0.39, 0.29) is 0 Å². The van der Waals surface area contributed by atoms with Crippen molar-refractivity contribution in [2.45, 2.75) is 55.9 Å². The van der Waals surface area contributed by atoms with Crippen molar-refractivity contribution in [3.8, 4) is 0 Å². The normalized spacial score (nSPS) is 16.4. The third-order valence-corrected chi connectivity index (χ3v) is 4.71. The Bertz CT molecular complexity index is 633. The van der Waals surface area contributed by atoms with E-state index in [2.05, 4.69) is 43.9 Å². The van der Waals surface area contributed by atoms with Crippen LogP contribution in [0.5, 0.6) is 0 Å². The lowest BCUT2D eigenvalue weighted by Crippen LogP contribution is -2.28. The molecule has 0 atom stereocenters. The number of piperidine rings is 1. The molecule has 0 aliphatic carbocycles. The Morgan fingerprint density at radius 3 is 2.73 bits per heavy atom. The van der Waals surface area contributed by atoms with Crippen LogP contribution in [-0.2, 0) is 0 Å². The molecular weight excluding hydrogens is 296 g/mol. The second kappa shape index (κ2) is 6.75. The summed E-state index contributed by atoms with van der Waals surface area (Å²) in [5.41, 5.74) is 0.965. The zero-order valence-electron chi connectivity index (χ0n) is 13.3. The molecule has 0 spiro atoms. The van der Waals surface area contributed by atoms with Gasteiger partial charge in [-0.25, -0.2) is 9.97 Å². The first-order chi connectivity index (χ1) is 10.6. The van der Waals surface area contributed by atoms with E-state index >= 15 is 0 Å². The van der Waals surface area contributed by atoms with E-state index in [0.717, 1.165) is 47.8 Å². The highest BCUT2D eigenvalue weighted by Gasteiger charge is 2.25. The predicted molar refractivity (Wildman–Crippen MR) is 86.1 cm³/mol. The van der Waals surface area contributed by atoms with Crippen molar-refractivity contribution in [1.82, 2.24) is 30.0 Å². The van der Waals surface area contributed by atoms with E-state index < -0.39 is 0 Å². The summed E-state index contributed by atoms with van der Waals surface area (Å²) in [5, 5.41) is 13.9. The van der Waals surface area contributed by atoms with Gasteiger partial charge in [0, 0.05) is 23.9 Å². The van der Waals surface area contributed by atoms with Crippen molar-refractivity contribution in [3.63, 3.8) is 0 Å². The summed E-state index contributed by atoms with van der Waals surface area (Å²) in [5.74, 6) is 1.59. The monoisotopic (exact) mass is 318 g/mol. The maximum Gasteiger partial charge on any atom is 0.199 e. The van der Waals surface area contributed by atoms with E-state index in [0.29, 0.717) is 12.0 Å². The number of hydrogen-bond acceptors (Lipinski definition) is 6. The molecule has 0 bridgehead atoms. The SMILES string of the molecule is Cc1ccnc(Sc2nnc(C3CCNCC3)n2C(C)C)n1. The largest absolute Gasteiger partial charge is 0.317 e. The summed E-state index contributed by atoms with van der Waals surface area (Å²) in [4.78, 5) is 8.77. The minimum atomic E-state index is 0.326. The van der Waals surface area contributed by atoms with Crippen LogP contribution in [0.25, 0.3) is 0 Å². The van der Waals surface area contributed by atoms with Gasteiger partial charge in [-0.1, -0.05) is 0 Å². The van der Waals surface area contributed by atoms with Gasteiger partial charge in [0.05, 0.1) is 0 Å². The van der Waals surface area contributed by atoms with Crippen LogP contribution in [-0.4, -0.2) is 37.8 Å². The van der Waals surface area contributed by atoms with Gasteiger partial charge in [-0.2, -0.15) is 0 Å². The number of rotatable bonds is 4. The molecule has 6 nitrogen and oxygen atoms in total. The minimum Gasteiger partial charge on any atom is -0.317 e. The van der Waals surface area contributed by atoms with Crippen molar-refractivity contribution >= 4 is 11.8 Å². The fourth-order valence-electron chi connectivity index (χ4n) is 2.76. The lowest BCUT2D eigenvalue weighted by atomic mass is 9.97. The molecule has 0 amide bonds. The highest BCUT2D eigenvalue weighted by molar-refractivity contribution is 7.99. The first-order valence-electron chi connectivity index (χ1n) is 7.78. The molecule has 3 rings (SSSR count). The summed E-state index contributed by atoms with van der Waals surface area (Å²) in [6.07, 6.45) is 4.03. The smallest absolute Gasteiger partial charge is 0.199 e. The number of aryl methyl sites for hydroxylation is 1. The molecule has 22 heavy (non-hydrogen) atoms. The molecule has 2 aromatic heterocycles. The summed E-state index contributed by atoms with van der Waals surface area (Å²) >= 11 is 1.49. The second-order valence-corrected chi connectivity index (χ2v) is 6.85. The number of hydrogen-bond donors (Lipinski definition) is 1. The highest BCUT2D eigenvalue weighted by atomic mass is 32.2. The van der Waals surface area contributed by atoms with E-state index in [9.17, 15) is 0 Å². The maximum atomic E-state index is 4.49. The van der Waals surface area contributed by atoms with Crippen LogP contribution < -0.4 is 5.32 Å². The van der Waals surface area contributed by atoms with Crippen LogP contribution in [0.1, 0.15) is 50.2 Å². The Kier molecular flexibility index (Phi) is 4.73. The number of nitrogens with zero attached hydrogens (tertiary/aromatic N) is 5. The highest BCUT2D eigenvalue weighted by Crippen LogP contribution is 2.31. The zero-order chi connectivity index (χ0) is 15.5. The Balaban J connectivity index is 1.89. The van der Waals surface area contributed by atoms with Gasteiger partial charge in [-0.15, -0.1) is 10.2 Å². The van der Waals surface area contributed by atoms with Gasteiger partial charge >= 0.3 is 0 Å². The van der Waals surface area contributed by atoms with Gasteiger partial charge in [0.25, 0.3) is 0 Å². The molecule has 0 aromatic carbocycles. The van der Waals surface area contributed by atoms with E-state index in [1.807, 2.05) is 13.0 Å². The van der Waals surface area contributed by atoms with Crippen LogP contribution in [0.15, 0.2) is 22.6 Å². The zero-order valence-corrected chi connectivity index (χ0v) is 14.1. The molecule has 7 heteroatoms. The fraction of sp³-hybridized carbons (Fsp3) is 0.600.